The van der Waals surface area contributed by atoms with Gasteiger partial charge in [-0.05, 0) is 39.9 Å². The third-order valence-electron chi connectivity index (χ3n) is 6.11. The van der Waals surface area contributed by atoms with Gasteiger partial charge in [-0.15, -0.1) is 0 Å². The van der Waals surface area contributed by atoms with E-state index in [1.54, 1.807) is 0 Å². The first-order chi connectivity index (χ1) is 11.0. The highest BCUT2D eigenvalue weighted by molar-refractivity contribution is 5.85. The Kier molecular flexibility index (Phi) is 2.30. The fourth-order valence-electron chi connectivity index (χ4n) is 4.87. The number of likely N-dealkylation sites (N-methyl/N-ethyl adjacent to an activating group) is 1. The Balaban J connectivity index is 1.78. The molecule has 0 radical (unpaired) electrons. The van der Waals surface area contributed by atoms with E-state index in [1.165, 1.54) is 33.5 Å². The van der Waals surface area contributed by atoms with E-state index in [4.69, 9.17) is 0 Å². The van der Waals surface area contributed by atoms with E-state index in [9.17, 15) is 0 Å². The highest BCUT2D eigenvalue weighted by atomic mass is 15.4. The van der Waals surface area contributed by atoms with Crippen LogP contribution in [0.5, 0.6) is 0 Å². The van der Waals surface area contributed by atoms with E-state index in [-0.39, 0.29) is 5.41 Å². The minimum atomic E-state index is 0.0810. The largest absolute Gasteiger partial charge is 0.358 e. The molecular weight excluding hydrogens is 280 g/mol. The first kappa shape index (κ1) is 13.2. The summed E-state index contributed by atoms with van der Waals surface area (Å²) >= 11 is 0. The fourth-order valence-corrected chi connectivity index (χ4v) is 4.87. The lowest BCUT2D eigenvalue weighted by atomic mass is 9.82. The molecule has 116 valence electrons. The van der Waals surface area contributed by atoms with Crippen LogP contribution in [0.25, 0.3) is 11.1 Å². The van der Waals surface area contributed by atoms with Gasteiger partial charge in [0.2, 0.25) is 0 Å². The number of anilines is 1. The van der Waals surface area contributed by atoms with E-state index < -0.39 is 0 Å². The number of rotatable bonds is 0. The van der Waals surface area contributed by atoms with E-state index in [2.05, 4.69) is 86.4 Å². The second-order valence-electron chi connectivity index (χ2n) is 7.70. The SMILES string of the molecule is CC1c2cc3c(cc2N2C=CN(C)C12)C(C)(C)c1ccccc1-3. The van der Waals surface area contributed by atoms with Crippen molar-refractivity contribution < 1.29 is 0 Å². The van der Waals surface area contributed by atoms with Crippen molar-refractivity contribution in [3.63, 3.8) is 0 Å². The smallest absolute Gasteiger partial charge is 0.112 e. The maximum Gasteiger partial charge on any atom is 0.112 e. The molecule has 2 aromatic carbocycles. The first-order valence-electron chi connectivity index (χ1n) is 8.47. The summed E-state index contributed by atoms with van der Waals surface area (Å²) in [5.74, 6) is 0.520. The minimum Gasteiger partial charge on any atom is -0.358 e. The van der Waals surface area contributed by atoms with Crippen LogP contribution in [0, 0.1) is 0 Å². The van der Waals surface area contributed by atoms with Gasteiger partial charge in [-0.2, -0.15) is 0 Å². The zero-order chi connectivity index (χ0) is 15.9. The molecular formula is C21H22N2. The molecule has 0 spiro atoms. The molecule has 2 heterocycles. The lowest BCUT2D eigenvalue weighted by Gasteiger charge is -2.27. The summed E-state index contributed by atoms with van der Waals surface area (Å²) in [6, 6.07) is 13.8. The predicted octanol–water partition coefficient (Wildman–Crippen LogP) is 4.66. The zero-order valence-electron chi connectivity index (χ0n) is 14.2. The summed E-state index contributed by atoms with van der Waals surface area (Å²) in [7, 11) is 2.18. The van der Waals surface area contributed by atoms with E-state index in [0.29, 0.717) is 12.1 Å². The lowest BCUT2D eigenvalue weighted by molar-refractivity contribution is 0.333. The molecule has 2 heteroatoms. The van der Waals surface area contributed by atoms with E-state index >= 15 is 0 Å². The summed E-state index contributed by atoms with van der Waals surface area (Å²) in [5.41, 5.74) is 8.73. The Hall–Kier alpha value is -2.22. The van der Waals surface area contributed by atoms with Crippen LogP contribution in [-0.2, 0) is 5.41 Å². The van der Waals surface area contributed by atoms with Gasteiger partial charge < -0.3 is 9.80 Å². The zero-order valence-corrected chi connectivity index (χ0v) is 14.2. The Morgan fingerprint density at radius 2 is 1.74 bits per heavy atom. The number of fused-ring (bicyclic) bond motifs is 6. The van der Waals surface area contributed by atoms with Gasteiger partial charge in [0.15, 0.2) is 0 Å². The van der Waals surface area contributed by atoms with Crippen LogP contribution in [-0.4, -0.2) is 18.1 Å². The summed E-state index contributed by atoms with van der Waals surface area (Å²) in [5, 5.41) is 0. The maximum absolute atomic E-state index is 2.46. The predicted molar refractivity (Wildman–Crippen MR) is 95.6 cm³/mol. The molecule has 23 heavy (non-hydrogen) atoms. The third-order valence-corrected chi connectivity index (χ3v) is 6.11. The molecule has 2 aromatic rings. The van der Waals surface area contributed by atoms with Crippen LogP contribution >= 0.6 is 0 Å². The average Bonchev–Trinajstić information content (AvgIpc) is 3.12. The summed E-state index contributed by atoms with van der Waals surface area (Å²) in [6.45, 7) is 7.06. The van der Waals surface area contributed by atoms with Gasteiger partial charge in [0.25, 0.3) is 0 Å². The number of benzene rings is 2. The molecule has 2 unspecified atom stereocenters. The molecule has 3 aliphatic rings. The van der Waals surface area contributed by atoms with Gasteiger partial charge in [-0.1, -0.05) is 45.0 Å². The van der Waals surface area contributed by atoms with Crippen molar-refractivity contribution in [2.24, 2.45) is 0 Å². The Morgan fingerprint density at radius 1 is 0.957 bits per heavy atom. The minimum absolute atomic E-state index is 0.0810. The van der Waals surface area contributed by atoms with Crippen molar-refractivity contribution in [1.82, 2.24) is 4.90 Å². The third kappa shape index (κ3) is 1.45. The van der Waals surface area contributed by atoms with Crippen LogP contribution in [0.2, 0.25) is 0 Å². The highest BCUT2D eigenvalue weighted by Gasteiger charge is 2.43. The highest BCUT2D eigenvalue weighted by Crippen LogP contribution is 2.54. The Morgan fingerprint density at radius 3 is 2.57 bits per heavy atom. The molecule has 0 aromatic heterocycles. The number of hydrogen-bond donors (Lipinski definition) is 0. The van der Waals surface area contributed by atoms with Crippen molar-refractivity contribution in [2.75, 3.05) is 11.9 Å². The van der Waals surface area contributed by atoms with Crippen LogP contribution in [0.1, 0.15) is 43.4 Å². The van der Waals surface area contributed by atoms with Crippen molar-refractivity contribution in [1.29, 1.82) is 0 Å². The molecule has 0 saturated heterocycles. The Labute approximate surface area is 138 Å². The van der Waals surface area contributed by atoms with Crippen molar-refractivity contribution in [2.45, 2.75) is 38.3 Å². The van der Waals surface area contributed by atoms with Crippen LogP contribution in [0.15, 0.2) is 48.8 Å². The van der Waals surface area contributed by atoms with Crippen molar-refractivity contribution in [3.05, 3.63) is 65.5 Å². The molecule has 2 aliphatic heterocycles. The van der Waals surface area contributed by atoms with Crippen molar-refractivity contribution >= 4 is 5.69 Å². The normalized spacial score (nSPS) is 25.4. The van der Waals surface area contributed by atoms with E-state index in [1.807, 2.05) is 0 Å². The molecule has 0 fully saturated rings. The van der Waals surface area contributed by atoms with Crippen LogP contribution < -0.4 is 4.90 Å². The van der Waals surface area contributed by atoms with Gasteiger partial charge in [0, 0.05) is 36.5 Å². The number of hydrogen-bond acceptors (Lipinski definition) is 2. The quantitative estimate of drug-likeness (QED) is 0.698. The van der Waals surface area contributed by atoms with Gasteiger partial charge >= 0.3 is 0 Å². The Bertz CT molecular complexity index is 862. The maximum atomic E-state index is 2.46. The topological polar surface area (TPSA) is 6.48 Å². The molecule has 0 amide bonds. The first-order valence-corrected chi connectivity index (χ1v) is 8.47. The fraction of sp³-hybridized carbons (Fsp3) is 0.333. The summed E-state index contributed by atoms with van der Waals surface area (Å²) < 4.78 is 0. The standard InChI is InChI=1S/C21H22N2/c1-13-15-11-16-14-7-5-6-8-17(14)21(2,3)18(16)12-19(15)23-10-9-22(4)20(13)23/h5-13,20H,1-4H3. The molecule has 0 bridgehead atoms. The molecule has 0 N–H and O–H groups in total. The number of nitrogens with zero attached hydrogens (tertiary/aromatic N) is 2. The van der Waals surface area contributed by atoms with Gasteiger partial charge in [0.1, 0.15) is 6.17 Å². The summed E-state index contributed by atoms with van der Waals surface area (Å²) in [4.78, 5) is 4.77. The monoisotopic (exact) mass is 302 g/mol. The lowest BCUT2D eigenvalue weighted by Crippen LogP contribution is -2.35. The summed E-state index contributed by atoms with van der Waals surface area (Å²) in [6.07, 6.45) is 4.86. The average molecular weight is 302 g/mol. The van der Waals surface area contributed by atoms with Crippen LogP contribution in [0.4, 0.5) is 5.69 Å². The molecule has 2 atom stereocenters. The molecule has 2 nitrogen and oxygen atoms in total. The second-order valence-corrected chi connectivity index (χ2v) is 7.70. The molecule has 0 saturated carbocycles. The van der Waals surface area contributed by atoms with Gasteiger partial charge in [-0.25, -0.2) is 0 Å². The second kappa shape index (κ2) is 4.00. The van der Waals surface area contributed by atoms with Gasteiger partial charge in [-0.3, -0.25) is 0 Å². The van der Waals surface area contributed by atoms with E-state index in [0.717, 1.165) is 0 Å². The van der Waals surface area contributed by atoms with Crippen molar-refractivity contribution in [3.8, 4) is 11.1 Å². The van der Waals surface area contributed by atoms with Gasteiger partial charge in [0.05, 0.1) is 0 Å². The van der Waals surface area contributed by atoms with Crippen LogP contribution in [0.3, 0.4) is 0 Å². The molecule has 5 rings (SSSR count). The molecule has 1 aliphatic carbocycles.